The summed E-state index contributed by atoms with van der Waals surface area (Å²) in [6.45, 7) is 3.88. The van der Waals surface area contributed by atoms with Gasteiger partial charge in [0.05, 0.1) is 24.8 Å². The van der Waals surface area contributed by atoms with Crippen LogP contribution >= 0.6 is 31.9 Å². The normalized spacial score (nSPS) is 23.3. The maximum atomic E-state index is 12.8. The molecular formula is C16H19Br2N3O3. The molecule has 24 heavy (non-hydrogen) atoms. The number of imide groups is 1. The van der Waals surface area contributed by atoms with Gasteiger partial charge < -0.3 is 5.11 Å². The SMILES string of the molecule is O=C1C[C@H](N2CCN(CCO)CC2)C(=O)N1c1ccc(Br)cc1Br. The third-order valence-electron chi connectivity index (χ3n) is 4.54. The highest BCUT2D eigenvalue weighted by atomic mass is 79.9. The van der Waals surface area contributed by atoms with E-state index in [9.17, 15) is 9.59 Å². The molecule has 0 saturated carbocycles. The van der Waals surface area contributed by atoms with Gasteiger partial charge in [-0.3, -0.25) is 19.4 Å². The predicted octanol–water partition coefficient (Wildman–Crippen LogP) is 1.45. The number of piperazine rings is 1. The van der Waals surface area contributed by atoms with Crippen molar-refractivity contribution in [2.24, 2.45) is 0 Å². The van der Waals surface area contributed by atoms with E-state index in [-0.39, 0.29) is 30.9 Å². The van der Waals surface area contributed by atoms with Gasteiger partial charge in [0.2, 0.25) is 5.91 Å². The first-order chi connectivity index (χ1) is 11.5. The van der Waals surface area contributed by atoms with E-state index in [2.05, 4.69) is 41.7 Å². The summed E-state index contributed by atoms with van der Waals surface area (Å²) in [5, 5.41) is 9.01. The molecule has 0 unspecified atom stereocenters. The number of carbonyl (C=O) groups is 2. The lowest BCUT2D eigenvalue weighted by atomic mass is 10.1. The molecule has 0 radical (unpaired) electrons. The zero-order valence-electron chi connectivity index (χ0n) is 13.1. The Hall–Kier alpha value is -0.800. The number of rotatable bonds is 4. The van der Waals surface area contributed by atoms with Crippen LogP contribution in [0.2, 0.25) is 0 Å². The Labute approximate surface area is 157 Å². The molecule has 2 heterocycles. The van der Waals surface area contributed by atoms with Gasteiger partial charge in [0.15, 0.2) is 0 Å². The first-order valence-corrected chi connectivity index (χ1v) is 9.49. The van der Waals surface area contributed by atoms with Crippen molar-refractivity contribution >= 4 is 49.4 Å². The molecule has 2 aliphatic rings. The number of benzene rings is 1. The lowest BCUT2D eigenvalue weighted by Gasteiger charge is -2.36. The zero-order valence-corrected chi connectivity index (χ0v) is 16.3. The standard InChI is InChI=1S/C16H19Br2N3O3/c17-11-1-2-13(12(18)9-11)21-15(23)10-14(16(21)24)20-5-3-19(4-6-20)7-8-22/h1-2,9,14,22H,3-8,10H2/t14-/m0/s1. The zero-order chi connectivity index (χ0) is 17.3. The lowest BCUT2D eigenvalue weighted by Crippen LogP contribution is -2.53. The van der Waals surface area contributed by atoms with Crippen LogP contribution in [0.5, 0.6) is 0 Å². The summed E-state index contributed by atoms with van der Waals surface area (Å²) >= 11 is 6.81. The number of hydrogen-bond acceptors (Lipinski definition) is 5. The van der Waals surface area contributed by atoms with E-state index in [4.69, 9.17) is 5.11 Å². The number of carbonyl (C=O) groups excluding carboxylic acids is 2. The van der Waals surface area contributed by atoms with Crippen molar-refractivity contribution in [1.82, 2.24) is 9.80 Å². The predicted molar refractivity (Wildman–Crippen MR) is 97.8 cm³/mol. The van der Waals surface area contributed by atoms with Gasteiger partial charge in [-0.25, -0.2) is 4.90 Å². The Kier molecular flexibility index (Phi) is 5.71. The lowest BCUT2D eigenvalue weighted by molar-refractivity contribution is -0.123. The van der Waals surface area contributed by atoms with Crippen LogP contribution in [0.1, 0.15) is 6.42 Å². The van der Waals surface area contributed by atoms with Gasteiger partial charge in [0, 0.05) is 41.7 Å². The highest BCUT2D eigenvalue weighted by Gasteiger charge is 2.43. The summed E-state index contributed by atoms with van der Waals surface area (Å²) in [6, 6.07) is 5.04. The number of amides is 2. The second kappa shape index (κ2) is 7.61. The monoisotopic (exact) mass is 459 g/mol. The second-order valence-electron chi connectivity index (χ2n) is 5.98. The molecule has 8 heteroatoms. The summed E-state index contributed by atoms with van der Waals surface area (Å²) in [4.78, 5) is 30.8. The molecule has 1 N–H and O–H groups in total. The molecule has 1 aromatic rings. The third kappa shape index (κ3) is 3.57. The number of halogens is 2. The van der Waals surface area contributed by atoms with Crippen molar-refractivity contribution in [1.29, 1.82) is 0 Å². The van der Waals surface area contributed by atoms with Crippen LogP contribution < -0.4 is 4.90 Å². The van der Waals surface area contributed by atoms with E-state index in [1.165, 1.54) is 4.90 Å². The Bertz CT molecular complexity index is 647. The van der Waals surface area contributed by atoms with E-state index in [1.54, 1.807) is 6.07 Å². The van der Waals surface area contributed by atoms with Gasteiger partial charge >= 0.3 is 0 Å². The van der Waals surface area contributed by atoms with Crippen LogP contribution in [0.15, 0.2) is 27.1 Å². The van der Waals surface area contributed by atoms with E-state index >= 15 is 0 Å². The third-order valence-corrected chi connectivity index (χ3v) is 5.67. The van der Waals surface area contributed by atoms with Crippen molar-refractivity contribution in [3.05, 3.63) is 27.1 Å². The average molecular weight is 461 g/mol. The van der Waals surface area contributed by atoms with E-state index in [1.807, 2.05) is 12.1 Å². The van der Waals surface area contributed by atoms with Gasteiger partial charge in [-0.15, -0.1) is 0 Å². The van der Waals surface area contributed by atoms with Crippen molar-refractivity contribution < 1.29 is 14.7 Å². The summed E-state index contributed by atoms with van der Waals surface area (Å²) < 4.78 is 1.60. The smallest absolute Gasteiger partial charge is 0.251 e. The van der Waals surface area contributed by atoms with Crippen LogP contribution in [0.4, 0.5) is 5.69 Å². The van der Waals surface area contributed by atoms with Gasteiger partial charge in [-0.05, 0) is 34.1 Å². The minimum absolute atomic E-state index is 0.145. The molecular weight excluding hydrogens is 442 g/mol. The number of hydrogen-bond donors (Lipinski definition) is 1. The van der Waals surface area contributed by atoms with Crippen LogP contribution in [0.25, 0.3) is 0 Å². The van der Waals surface area contributed by atoms with Gasteiger partial charge in [-0.2, -0.15) is 0 Å². The van der Waals surface area contributed by atoms with Gasteiger partial charge in [-0.1, -0.05) is 15.9 Å². The molecule has 130 valence electrons. The summed E-state index contributed by atoms with van der Waals surface area (Å²) in [5.74, 6) is -0.315. The molecule has 1 atom stereocenters. The van der Waals surface area contributed by atoms with E-state index in [0.717, 1.165) is 30.7 Å². The fourth-order valence-corrected chi connectivity index (χ4v) is 4.48. The number of nitrogens with zero attached hydrogens (tertiary/aromatic N) is 3. The Morgan fingerprint density at radius 1 is 1.12 bits per heavy atom. The summed E-state index contributed by atoms with van der Waals surface area (Å²) in [5.41, 5.74) is 0.592. The van der Waals surface area contributed by atoms with Crippen molar-refractivity contribution in [2.45, 2.75) is 12.5 Å². The average Bonchev–Trinajstić information content (AvgIpc) is 2.84. The van der Waals surface area contributed by atoms with E-state index in [0.29, 0.717) is 16.7 Å². The van der Waals surface area contributed by atoms with Crippen molar-refractivity contribution in [3.8, 4) is 0 Å². The molecule has 0 bridgehead atoms. The Morgan fingerprint density at radius 3 is 2.46 bits per heavy atom. The number of anilines is 1. The van der Waals surface area contributed by atoms with Crippen LogP contribution in [0.3, 0.4) is 0 Å². The van der Waals surface area contributed by atoms with Gasteiger partial charge in [0.25, 0.3) is 5.91 Å². The molecule has 6 nitrogen and oxygen atoms in total. The van der Waals surface area contributed by atoms with Crippen molar-refractivity contribution in [3.63, 3.8) is 0 Å². The molecule has 2 aliphatic heterocycles. The quantitative estimate of drug-likeness (QED) is 0.689. The first kappa shape index (κ1) is 18.0. The Morgan fingerprint density at radius 2 is 1.83 bits per heavy atom. The molecule has 3 rings (SSSR count). The van der Waals surface area contributed by atoms with E-state index < -0.39 is 0 Å². The van der Waals surface area contributed by atoms with Crippen LogP contribution in [-0.2, 0) is 9.59 Å². The number of aliphatic hydroxyl groups excluding tert-OH is 1. The molecule has 1 aromatic carbocycles. The minimum atomic E-state index is -0.385. The van der Waals surface area contributed by atoms with Crippen LogP contribution in [-0.4, -0.2) is 72.1 Å². The highest BCUT2D eigenvalue weighted by molar-refractivity contribution is 9.11. The molecule has 0 aromatic heterocycles. The second-order valence-corrected chi connectivity index (χ2v) is 7.75. The maximum Gasteiger partial charge on any atom is 0.251 e. The van der Waals surface area contributed by atoms with Gasteiger partial charge in [0.1, 0.15) is 0 Å². The van der Waals surface area contributed by atoms with Crippen LogP contribution in [0, 0.1) is 0 Å². The van der Waals surface area contributed by atoms with Crippen molar-refractivity contribution in [2.75, 3.05) is 44.2 Å². The Balaban J connectivity index is 1.73. The molecule has 0 spiro atoms. The number of aliphatic hydroxyl groups is 1. The minimum Gasteiger partial charge on any atom is -0.395 e. The summed E-state index contributed by atoms with van der Waals surface area (Å²) in [6.07, 6.45) is 0.224. The first-order valence-electron chi connectivity index (χ1n) is 7.90. The molecule has 2 saturated heterocycles. The molecule has 0 aliphatic carbocycles. The highest BCUT2D eigenvalue weighted by Crippen LogP contribution is 2.33. The fraction of sp³-hybridized carbons (Fsp3) is 0.500. The summed E-state index contributed by atoms with van der Waals surface area (Å²) in [7, 11) is 0. The molecule has 2 amide bonds. The maximum absolute atomic E-state index is 12.8. The largest absolute Gasteiger partial charge is 0.395 e. The fourth-order valence-electron chi connectivity index (χ4n) is 3.26. The molecule has 2 fully saturated rings. The topological polar surface area (TPSA) is 64.1 Å². The number of β-amino-alcohol motifs (C(OH)–C–C–N with tert-alkyl or cyclic N) is 1.